The van der Waals surface area contributed by atoms with Crippen molar-refractivity contribution in [3.8, 4) is 0 Å². The molecule has 0 radical (unpaired) electrons. The van der Waals surface area contributed by atoms with Crippen molar-refractivity contribution in [1.82, 2.24) is 15.2 Å². The fourth-order valence-electron chi connectivity index (χ4n) is 3.89. The summed E-state index contributed by atoms with van der Waals surface area (Å²) in [6.07, 6.45) is 12.0. The summed E-state index contributed by atoms with van der Waals surface area (Å²) in [6, 6.07) is 2.67. The molecule has 3 nitrogen and oxygen atoms in total. The van der Waals surface area contributed by atoms with E-state index in [4.69, 9.17) is 0 Å². The summed E-state index contributed by atoms with van der Waals surface area (Å²) in [5, 5.41) is 3.76. The van der Waals surface area contributed by atoms with Crippen molar-refractivity contribution in [1.29, 1.82) is 0 Å². The molecule has 1 atom stereocenters. The normalized spacial score (nSPS) is 20.2. The van der Waals surface area contributed by atoms with Gasteiger partial charge >= 0.3 is 0 Å². The molecule has 0 spiro atoms. The van der Waals surface area contributed by atoms with Crippen molar-refractivity contribution in [3.63, 3.8) is 0 Å². The van der Waals surface area contributed by atoms with Gasteiger partial charge in [-0.05, 0) is 51.5 Å². The zero-order chi connectivity index (χ0) is 15.3. The van der Waals surface area contributed by atoms with E-state index < -0.39 is 0 Å². The molecule has 1 aromatic heterocycles. The number of hydrogen-bond donors (Lipinski definition) is 1. The Morgan fingerprint density at radius 1 is 1.19 bits per heavy atom. The maximum Gasteiger partial charge on any atom is 0.0522 e. The maximum absolute atomic E-state index is 4.44. The molecule has 1 fully saturated rings. The van der Waals surface area contributed by atoms with Gasteiger partial charge < -0.3 is 10.2 Å². The highest BCUT2D eigenvalue weighted by Gasteiger charge is 2.41. The van der Waals surface area contributed by atoms with Crippen LogP contribution in [-0.2, 0) is 0 Å². The minimum absolute atomic E-state index is 0.210. The summed E-state index contributed by atoms with van der Waals surface area (Å²) in [4.78, 5) is 6.90. The van der Waals surface area contributed by atoms with Crippen molar-refractivity contribution in [2.45, 2.75) is 64.0 Å². The van der Waals surface area contributed by atoms with Crippen LogP contribution in [0.1, 0.15) is 62.6 Å². The van der Waals surface area contributed by atoms with Crippen molar-refractivity contribution in [2.75, 3.05) is 20.6 Å². The molecule has 0 saturated heterocycles. The molecule has 0 bridgehead atoms. The molecule has 2 rings (SSSR count). The van der Waals surface area contributed by atoms with E-state index in [1.54, 1.807) is 0 Å². The second kappa shape index (κ2) is 7.37. The molecule has 1 N–H and O–H groups in total. The minimum Gasteiger partial charge on any atom is -0.309 e. The van der Waals surface area contributed by atoms with Crippen molar-refractivity contribution in [3.05, 3.63) is 29.6 Å². The highest BCUT2D eigenvalue weighted by Crippen LogP contribution is 2.41. The zero-order valence-corrected chi connectivity index (χ0v) is 14.2. The topological polar surface area (TPSA) is 28.2 Å². The Morgan fingerprint density at radius 3 is 2.38 bits per heavy atom. The van der Waals surface area contributed by atoms with Gasteiger partial charge in [0.1, 0.15) is 0 Å². The highest BCUT2D eigenvalue weighted by atomic mass is 15.2. The largest absolute Gasteiger partial charge is 0.309 e. The number of pyridine rings is 1. The minimum atomic E-state index is 0.210. The number of rotatable bonds is 5. The summed E-state index contributed by atoms with van der Waals surface area (Å²) in [5.41, 5.74) is 2.80. The number of aromatic nitrogens is 1. The molecule has 0 aliphatic heterocycles. The Balaban J connectivity index is 2.40. The lowest BCUT2D eigenvalue weighted by Gasteiger charge is -2.46. The first-order valence-corrected chi connectivity index (χ1v) is 8.42. The lowest BCUT2D eigenvalue weighted by atomic mass is 9.78. The molecule has 1 heterocycles. The van der Waals surface area contributed by atoms with E-state index in [0.717, 1.165) is 6.54 Å². The molecule has 1 aromatic rings. The van der Waals surface area contributed by atoms with Crippen LogP contribution >= 0.6 is 0 Å². The molecule has 118 valence electrons. The molecule has 3 heteroatoms. The second-order valence-corrected chi connectivity index (χ2v) is 6.70. The molecule has 0 amide bonds. The maximum atomic E-state index is 4.44. The molecule has 1 aliphatic rings. The number of aryl methyl sites for hydroxylation is 1. The van der Waals surface area contributed by atoms with Gasteiger partial charge in [-0.2, -0.15) is 0 Å². The fourth-order valence-corrected chi connectivity index (χ4v) is 3.89. The van der Waals surface area contributed by atoms with Crippen LogP contribution in [0.25, 0.3) is 0 Å². The van der Waals surface area contributed by atoms with E-state index in [0.29, 0.717) is 6.04 Å². The highest BCUT2D eigenvalue weighted by molar-refractivity contribution is 5.24. The van der Waals surface area contributed by atoms with Crippen LogP contribution in [0, 0.1) is 6.92 Å². The van der Waals surface area contributed by atoms with Gasteiger partial charge in [0.05, 0.1) is 6.04 Å². The molecule has 1 aliphatic carbocycles. The van der Waals surface area contributed by atoms with Crippen molar-refractivity contribution >= 4 is 0 Å². The van der Waals surface area contributed by atoms with Crippen LogP contribution in [0.15, 0.2) is 18.5 Å². The van der Waals surface area contributed by atoms with Crippen LogP contribution in [0.3, 0.4) is 0 Å². The lowest BCUT2D eigenvalue weighted by molar-refractivity contribution is 0.0805. The SMILES string of the molecule is CCNC(c1cncc(C)c1)C1(N(C)C)CCCCCC1. The van der Waals surface area contributed by atoms with Gasteiger partial charge in [-0.3, -0.25) is 4.98 Å². The van der Waals surface area contributed by atoms with Gasteiger partial charge in [0.2, 0.25) is 0 Å². The summed E-state index contributed by atoms with van der Waals surface area (Å²) in [7, 11) is 4.50. The number of nitrogens with zero attached hydrogens (tertiary/aromatic N) is 2. The van der Waals surface area contributed by atoms with Gasteiger partial charge in [0.15, 0.2) is 0 Å². The molecule has 0 aromatic carbocycles. The van der Waals surface area contributed by atoms with Crippen LogP contribution < -0.4 is 5.32 Å². The van der Waals surface area contributed by atoms with E-state index in [9.17, 15) is 0 Å². The average molecular weight is 289 g/mol. The molecule has 1 saturated carbocycles. The molecular weight excluding hydrogens is 258 g/mol. The third-order valence-electron chi connectivity index (χ3n) is 5.04. The van der Waals surface area contributed by atoms with Gasteiger partial charge in [-0.1, -0.05) is 38.7 Å². The van der Waals surface area contributed by atoms with Crippen LogP contribution in [0.2, 0.25) is 0 Å². The van der Waals surface area contributed by atoms with E-state index in [1.165, 1.54) is 49.7 Å². The van der Waals surface area contributed by atoms with Gasteiger partial charge in [-0.25, -0.2) is 0 Å². The first-order chi connectivity index (χ1) is 10.1. The Morgan fingerprint density at radius 2 is 1.86 bits per heavy atom. The van der Waals surface area contributed by atoms with Crippen LogP contribution in [-0.4, -0.2) is 36.1 Å². The first kappa shape index (κ1) is 16.4. The van der Waals surface area contributed by atoms with E-state index in [2.05, 4.69) is 55.4 Å². The van der Waals surface area contributed by atoms with Gasteiger partial charge in [-0.15, -0.1) is 0 Å². The number of hydrogen-bond acceptors (Lipinski definition) is 3. The quantitative estimate of drug-likeness (QED) is 0.838. The molecular formula is C18H31N3. The summed E-state index contributed by atoms with van der Waals surface area (Å²) in [6.45, 7) is 5.33. The van der Waals surface area contributed by atoms with E-state index in [1.807, 2.05) is 6.20 Å². The number of likely N-dealkylation sites (N-methyl/N-ethyl adjacent to an activating group) is 2. The lowest BCUT2D eigenvalue weighted by Crippen LogP contribution is -2.53. The predicted molar refractivity (Wildman–Crippen MR) is 89.5 cm³/mol. The number of nitrogens with one attached hydrogen (secondary N) is 1. The van der Waals surface area contributed by atoms with E-state index >= 15 is 0 Å². The third-order valence-corrected chi connectivity index (χ3v) is 5.04. The fraction of sp³-hybridized carbons (Fsp3) is 0.722. The standard InChI is InChI=1S/C18H31N3/c1-5-20-17(16-12-15(2)13-19-14-16)18(21(3)4)10-8-6-7-9-11-18/h12-14,17,20H,5-11H2,1-4H3. The second-order valence-electron chi connectivity index (χ2n) is 6.70. The average Bonchev–Trinajstić information content (AvgIpc) is 2.71. The molecule has 21 heavy (non-hydrogen) atoms. The first-order valence-electron chi connectivity index (χ1n) is 8.42. The van der Waals surface area contributed by atoms with Gasteiger partial charge in [0, 0.05) is 17.9 Å². The Bertz CT molecular complexity index is 434. The smallest absolute Gasteiger partial charge is 0.0522 e. The predicted octanol–water partition coefficient (Wildman–Crippen LogP) is 3.70. The van der Waals surface area contributed by atoms with Crippen molar-refractivity contribution in [2.24, 2.45) is 0 Å². The van der Waals surface area contributed by atoms with Gasteiger partial charge in [0.25, 0.3) is 0 Å². The Labute approximate surface area is 130 Å². The Hall–Kier alpha value is -0.930. The van der Waals surface area contributed by atoms with E-state index in [-0.39, 0.29) is 5.54 Å². The zero-order valence-electron chi connectivity index (χ0n) is 14.2. The summed E-state index contributed by atoms with van der Waals surface area (Å²) >= 11 is 0. The summed E-state index contributed by atoms with van der Waals surface area (Å²) < 4.78 is 0. The monoisotopic (exact) mass is 289 g/mol. The Kier molecular flexibility index (Phi) is 5.77. The third kappa shape index (κ3) is 3.64. The van der Waals surface area contributed by atoms with Crippen LogP contribution in [0.5, 0.6) is 0 Å². The summed E-state index contributed by atoms with van der Waals surface area (Å²) in [5.74, 6) is 0. The van der Waals surface area contributed by atoms with Crippen LogP contribution in [0.4, 0.5) is 0 Å². The van der Waals surface area contributed by atoms with Crippen molar-refractivity contribution < 1.29 is 0 Å². The molecule has 1 unspecified atom stereocenters.